The van der Waals surface area contributed by atoms with E-state index in [0.29, 0.717) is 6.04 Å². The third-order valence-electron chi connectivity index (χ3n) is 5.20. The summed E-state index contributed by atoms with van der Waals surface area (Å²) in [4.78, 5) is 11.9. The molecule has 0 amide bonds. The molecule has 0 radical (unpaired) electrons. The van der Waals surface area contributed by atoms with Crippen molar-refractivity contribution in [3.63, 3.8) is 0 Å². The number of rotatable bonds is 5. The van der Waals surface area contributed by atoms with Gasteiger partial charge in [0.2, 0.25) is 0 Å². The van der Waals surface area contributed by atoms with Gasteiger partial charge in [0.25, 0.3) is 0 Å². The molecule has 0 spiro atoms. The van der Waals surface area contributed by atoms with E-state index in [1.54, 1.807) is 0 Å². The summed E-state index contributed by atoms with van der Waals surface area (Å²) >= 11 is 0. The molecule has 132 valence electrons. The third kappa shape index (κ3) is 3.83. The molecule has 1 aliphatic carbocycles. The molecule has 1 unspecified atom stereocenters. The molecule has 26 heavy (non-hydrogen) atoms. The van der Waals surface area contributed by atoms with Crippen LogP contribution in [0.4, 0.5) is 0 Å². The van der Waals surface area contributed by atoms with Crippen LogP contribution < -0.4 is 0 Å². The molecule has 0 N–H and O–H groups in total. The lowest BCUT2D eigenvalue weighted by Crippen LogP contribution is -2.31. The van der Waals surface area contributed by atoms with Gasteiger partial charge < -0.3 is 0 Å². The highest BCUT2D eigenvalue weighted by Crippen LogP contribution is 2.34. The number of fused-ring (bicyclic) bond motifs is 1. The van der Waals surface area contributed by atoms with Crippen LogP contribution in [0.15, 0.2) is 67.0 Å². The Hall–Kier alpha value is -2.52. The average Bonchev–Trinajstić information content (AvgIpc) is 2.69. The van der Waals surface area contributed by atoms with E-state index in [1.807, 2.05) is 18.5 Å². The van der Waals surface area contributed by atoms with Gasteiger partial charge in [-0.05, 0) is 55.5 Å². The first kappa shape index (κ1) is 16.9. The Morgan fingerprint density at radius 3 is 2.58 bits per heavy atom. The summed E-state index contributed by atoms with van der Waals surface area (Å²) in [5.74, 6) is 0. The maximum Gasteiger partial charge on any atom is 0.0607 e. The average molecular weight is 343 g/mol. The maximum absolute atomic E-state index is 4.76. The van der Waals surface area contributed by atoms with Gasteiger partial charge in [0.15, 0.2) is 0 Å². The molecule has 1 aromatic carbocycles. The first-order valence-electron chi connectivity index (χ1n) is 9.43. The van der Waals surface area contributed by atoms with Gasteiger partial charge in [0, 0.05) is 25.5 Å². The van der Waals surface area contributed by atoms with E-state index in [4.69, 9.17) is 4.98 Å². The van der Waals surface area contributed by atoms with Gasteiger partial charge in [-0.1, -0.05) is 42.0 Å². The number of aryl methyl sites for hydroxylation is 2. The van der Waals surface area contributed by atoms with E-state index in [0.717, 1.165) is 31.6 Å². The molecule has 0 aliphatic heterocycles. The van der Waals surface area contributed by atoms with Gasteiger partial charge in [0.05, 0.1) is 17.4 Å². The predicted octanol–water partition coefficient (Wildman–Crippen LogP) is 4.86. The van der Waals surface area contributed by atoms with Gasteiger partial charge >= 0.3 is 0 Å². The SMILES string of the molecule is Cc1ccc(CN(Cc2ccccn2)C2CCCc3cccnc32)cc1. The fraction of sp³-hybridized carbons (Fsp3) is 0.304. The van der Waals surface area contributed by atoms with Crippen LogP contribution in [-0.4, -0.2) is 14.9 Å². The summed E-state index contributed by atoms with van der Waals surface area (Å²) in [6.07, 6.45) is 7.33. The Labute approximate surface area is 155 Å². The van der Waals surface area contributed by atoms with Gasteiger partial charge in [0.1, 0.15) is 0 Å². The number of aromatic nitrogens is 2. The normalized spacial score (nSPS) is 16.5. The van der Waals surface area contributed by atoms with E-state index in [1.165, 1.54) is 28.8 Å². The Balaban J connectivity index is 1.65. The standard InChI is InChI=1S/C23H25N3/c1-18-10-12-19(13-11-18)16-26(17-21-8-2-3-14-24-21)22-9-4-6-20-7-5-15-25-23(20)22/h2-3,5,7-8,10-15,22H,4,6,9,16-17H2,1H3. The van der Waals surface area contributed by atoms with Crippen LogP contribution in [0.5, 0.6) is 0 Å². The van der Waals surface area contributed by atoms with Crippen LogP contribution in [0.2, 0.25) is 0 Å². The zero-order valence-electron chi connectivity index (χ0n) is 15.3. The lowest BCUT2D eigenvalue weighted by atomic mass is 9.90. The molecule has 3 nitrogen and oxygen atoms in total. The molecular formula is C23H25N3. The zero-order valence-corrected chi connectivity index (χ0v) is 15.3. The van der Waals surface area contributed by atoms with E-state index in [2.05, 4.69) is 65.3 Å². The molecule has 1 atom stereocenters. The molecule has 3 heteroatoms. The van der Waals surface area contributed by atoms with Crippen molar-refractivity contribution in [1.82, 2.24) is 14.9 Å². The molecule has 0 saturated carbocycles. The Morgan fingerprint density at radius 2 is 1.77 bits per heavy atom. The summed E-state index contributed by atoms with van der Waals surface area (Å²) in [6.45, 7) is 3.89. The van der Waals surface area contributed by atoms with Gasteiger partial charge in [-0.25, -0.2) is 0 Å². The first-order chi connectivity index (χ1) is 12.8. The smallest absolute Gasteiger partial charge is 0.0607 e. The molecule has 0 fully saturated rings. The van der Waals surface area contributed by atoms with Crippen LogP contribution in [0.3, 0.4) is 0 Å². The fourth-order valence-electron chi connectivity index (χ4n) is 3.84. The molecule has 4 rings (SSSR count). The molecular weight excluding hydrogens is 318 g/mol. The quantitative estimate of drug-likeness (QED) is 0.662. The summed E-state index contributed by atoms with van der Waals surface area (Å²) < 4.78 is 0. The number of hydrogen-bond donors (Lipinski definition) is 0. The fourth-order valence-corrected chi connectivity index (χ4v) is 3.84. The highest BCUT2D eigenvalue weighted by Gasteiger charge is 2.27. The Kier molecular flexibility index (Phi) is 5.07. The van der Waals surface area contributed by atoms with Crippen molar-refractivity contribution < 1.29 is 0 Å². The van der Waals surface area contributed by atoms with Crippen LogP contribution in [-0.2, 0) is 19.5 Å². The summed E-state index contributed by atoms with van der Waals surface area (Å²) in [7, 11) is 0. The number of benzene rings is 1. The summed E-state index contributed by atoms with van der Waals surface area (Å²) in [5.41, 5.74) is 6.41. The van der Waals surface area contributed by atoms with E-state index >= 15 is 0 Å². The molecule has 1 aliphatic rings. The lowest BCUT2D eigenvalue weighted by Gasteiger charge is -2.35. The van der Waals surface area contributed by atoms with Crippen molar-refractivity contribution in [2.75, 3.05) is 0 Å². The Bertz CT molecular complexity index is 843. The minimum absolute atomic E-state index is 0.350. The molecule has 0 saturated heterocycles. The van der Waals surface area contributed by atoms with Crippen molar-refractivity contribution in [2.24, 2.45) is 0 Å². The van der Waals surface area contributed by atoms with Crippen LogP contribution in [0, 0.1) is 6.92 Å². The topological polar surface area (TPSA) is 29.0 Å². The van der Waals surface area contributed by atoms with Gasteiger partial charge in [-0.3, -0.25) is 14.9 Å². The number of nitrogens with zero attached hydrogens (tertiary/aromatic N) is 3. The highest BCUT2D eigenvalue weighted by atomic mass is 15.2. The summed E-state index contributed by atoms with van der Waals surface area (Å²) in [5, 5.41) is 0. The third-order valence-corrected chi connectivity index (χ3v) is 5.20. The van der Waals surface area contributed by atoms with Crippen LogP contribution in [0.1, 0.15) is 47.0 Å². The van der Waals surface area contributed by atoms with Crippen molar-refractivity contribution in [3.05, 3.63) is 95.1 Å². The largest absolute Gasteiger partial charge is 0.285 e. The molecule has 2 aromatic heterocycles. The minimum atomic E-state index is 0.350. The zero-order chi connectivity index (χ0) is 17.8. The number of pyridine rings is 2. The van der Waals surface area contributed by atoms with Crippen LogP contribution in [0.25, 0.3) is 0 Å². The molecule has 0 bridgehead atoms. The van der Waals surface area contributed by atoms with E-state index in [-0.39, 0.29) is 0 Å². The van der Waals surface area contributed by atoms with Crippen LogP contribution >= 0.6 is 0 Å². The minimum Gasteiger partial charge on any atom is -0.285 e. The van der Waals surface area contributed by atoms with E-state index < -0.39 is 0 Å². The lowest BCUT2D eigenvalue weighted by molar-refractivity contribution is 0.155. The maximum atomic E-state index is 4.76. The molecule has 3 aromatic rings. The second-order valence-electron chi connectivity index (χ2n) is 7.17. The van der Waals surface area contributed by atoms with Crippen molar-refractivity contribution in [2.45, 2.75) is 45.3 Å². The van der Waals surface area contributed by atoms with Crippen molar-refractivity contribution in [3.8, 4) is 0 Å². The summed E-state index contributed by atoms with van der Waals surface area (Å²) in [6, 6.07) is 19.7. The second kappa shape index (κ2) is 7.79. The highest BCUT2D eigenvalue weighted by molar-refractivity contribution is 5.27. The monoisotopic (exact) mass is 343 g/mol. The van der Waals surface area contributed by atoms with Gasteiger partial charge in [-0.2, -0.15) is 0 Å². The van der Waals surface area contributed by atoms with Crippen molar-refractivity contribution >= 4 is 0 Å². The van der Waals surface area contributed by atoms with E-state index in [9.17, 15) is 0 Å². The molecule has 2 heterocycles. The van der Waals surface area contributed by atoms with Gasteiger partial charge in [-0.15, -0.1) is 0 Å². The Morgan fingerprint density at radius 1 is 0.923 bits per heavy atom. The predicted molar refractivity (Wildman–Crippen MR) is 105 cm³/mol. The second-order valence-corrected chi connectivity index (χ2v) is 7.17. The van der Waals surface area contributed by atoms with Crippen molar-refractivity contribution in [1.29, 1.82) is 0 Å². The first-order valence-corrected chi connectivity index (χ1v) is 9.43. The number of hydrogen-bond acceptors (Lipinski definition) is 3.